The van der Waals surface area contributed by atoms with Gasteiger partial charge in [0.2, 0.25) is 0 Å². The molecule has 0 amide bonds. The predicted molar refractivity (Wildman–Crippen MR) is 50.4 cm³/mol. The highest BCUT2D eigenvalue weighted by Crippen LogP contribution is 2.36. The molecule has 0 aromatic heterocycles. The number of aliphatic carboxylic acids is 1. The van der Waals surface area contributed by atoms with Gasteiger partial charge in [-0.25, -0.2) is 0 Å². The molecule has 2 aliphatic rings. The van der Waals surface area contributed by atoms with Crippen LogP contribution >= 0.6 is 0 Å². The Hall–Kier alpha value is -0.650. The van der Waals surface area contributed by atoms with Crippen molar-refractivity contribution < 1.29 is 24.1 Å². The van der Waals surface area contributed by atoms with Gasteiger partial charge in [-0.1, -0.05) is 0 Å². The van der Waals surface area contributed by atoms with E-state index in [9.17, 15) is 4.79 Å². The molecule has 2 fully saturated rings. The molecule has 2 saturated heterocycles. The van der Waals surface area contributed by atoms with Gasteiger partial charge in [-0.2, -0.15) is 0 Å². The fraction of sp³-hybridized carbons (Fsp3) is 0.900. The molecule has 2 rings (SSSR count). The van der Waals surface area contributed by atoms with Gasteiger partial charge < -0.3 is 19.3 Å². The number of ether oxygens (including phenoxy) is 3. The summed E-state index contributed by atoms with van der Waals surface area (Å²) >= 11 is 0. The van der Waals surface area contributed by atoms with Gasteiger partial charge in [-0.3, -0.25) is 4.79 Å². The van der Waals surface area contributed by atoms with Crippen molar-refractivity contribution in [3.8, 4) is 0 Å². The molecule has 0 bridgehead atoms. The van der Waals surface area contributed by atoms with Crippen LogP contribution in [0.5, 0.6) is 0 Å². The van der Waals surface area contributed by atoms with Crippen LogP contribution in [0.25, 0.3) is 0 Å². The Morgan fingerprint density at radius 3 is 2.93 bits per heavy atom. The molecule has 0 saturated carbocycles. The smallest absolute Gasteiger partial charge is 0.306 e. The molecule has 2 aliphatic heterocycles. The zero-order valence-corrected chi connectivity index (χ0v) is 8.77. The van der Waals surface area contributed by atoms with E-state index >= 15 is 0 Å². The zero-order chi connectivity index (χ0) is 10.9. The minimum atomic E-state index is -0.851. The topological polar surface area (TPSA) is 65.0 Å². The molecule has 3 unspecified atom stereocenters. The minimum Gasteiger partial charge on any atom is -0.481 e. The van der Waals surface area contributed by atoms with Crippen molar-refractivity contribution in [2.24, 2.45) is 5.92 Å². The number of carboxylic acid groups (broad SMARTS) is 1. The number of rotatable bonds is 3. The Morgan fingerprint density at radius 2 is 2.33 bits per heavy atom. The Bertz CT molecular complexity index is 248. The number of hydrogen-bond donors (Lipinski definition) is 1. The summed E-state index contributed by atoms with van der Waals surface area (Å²) in [5, 5.41) is 8.65. The second-order valence-electron chi connectivity index (χ2n) is 4.23. The second kappa shape index (κ2) is 4.08. The van der Waals surface area contributed by atoms with Crippen molar-refractivity contribution in [2.75, 3.05) is 19.8 Å². The van der Waals surface area contributed by atoms with Crippen LogP contribution in [0.3, 0.4) is 0 Å². The Labute approximate surface area is 88.3 Å². The maximum atomic E-state index is 10.5. The molecule has 86 valence electrons. The molecular weight excluding hydrogens is 200 g/mol. The maximum Gasteiger partial charge on any atom is 0.306 e. The van der Waals surface area contributed by atoms with Crippen LogP contribution in [-0.2, 0) is 19.0 Å². The second-order valence-corrected chi connectivity index (χ2v) is 4.23. The lowest BCUT2D eigenvalue weighted by molar-refractivity contribution is -0.191. The van der Waals surface area contributed by atoms with E-state index in [4.69, 9.17) is 19.3 Å². The summed E-state index contributed by atoms with van der Waals surface area (Å²) in [4.78, 5) is 10.5. The van der Waals surface area contributed by atoms with Crippen molar-refractivity contribution in [1.29, 1.82) is 0 Å². The molecule has 1 N–H and O–H groups in total. The van der Waals surface area contributed by atoms with E-state index in [0.29, 0.717) is 13.2 Å². The first kappa shape index (κ1) is 10.9. The van der Waals surface area contributed by atoms with E-state index in [0.717, 1.165) is 13.0 Å². The van der Waals surface area contributed by atoms with Crippen molar-refractivity contribution in [3.05, 3.63) is 0 Å². The van der Waals surface area contributed by atoms with Gasteiger partial charge in [-0.15, -0.1) is 0 Å². The fourth-order valence-corrected chi connectivity index (χ4v) is 2.11. The summed E-state index contributed by atoms with van der Waals surface area (Å²) in [5.74, 6) is -1.29. The van der Waals surface area contributed by atoms with Crippen molar-refractivity contribution in [1.82, 2.24) is 0 Å². The van der Waals surface area contributed by atoms with Crippen LogP contribution in [0.4, 0.5) is 0 Å². The van der Waals surface area contributed by atoms with Crippen LogP contribution in [0, 0.1) is 5.92 Å². The minimum absolute atomic E-state index is 0.00314. The summed E-state index contributed by atoms with van der Waals surface area (Å²) in [6.45, 7) is 3.60. The van der Waals surface area contributed by atoms with E-state index in [-0.39, 0.29) is 18.4 Å². The molecule has 0 aromatic carbocycles. The molecular formula is C10H16O5. The molecule has 5 heteroatoms. The van der Waals surface area contributed by atoms with Gasteiger partial charge in [0.25, 0.3) is 0 Å². The van der Waals surface area contributed by atoms with Crippen LogP contribution in [-0.4, -0.2) is 42.8 Å². The molecule has 3 atom stereocenters. The van der Waals surface area contributed by atoms with Gasteiger partial charge in [0.15, 0.2) is 5.79 Å². The van der Waals surface area contributed by atoms with Crippen LogP contribution in [0.1, 0.15) is 19.8 Å². The van der Waals surface area contributed by atoms with Gasteiger partial charge in [0, 0.05) is 12.5 Å². The fourth-order valence-electron chi connectivity index (χ4n) is 2.11. The Morgan fingerprint density at radius 1 is 1.53 bits per heavy atom. The molecule has 0 radical (unpaired) electrons. The lowest BCUT2D eigenvalue weighted by atomic mass is 9.99. The van der Waals surface area contributed by atoms with Crippen LogP contribution in [0.2, 0.25) is 0 Å². The van der Waals surface area contributed by atoms with Gasteiger partial charge in [0.05, 0.1) is 25.7 Å². The third kappa shape index (κ3) is 2.30. The van der Waals surface area contributed by atoms with Gasteiger partial charge in [0.1, 0.15) is 0 Å². The average molecular weight is 216 g/mol. The summed E-state index contributed by atoms with van der Waals surface area (Å²) in [5.41, 5.74) is 0. The third-order valence-corrected chi connectivity index (χ3v) is 3.03. The SMILES string of the molecule is CC1(C2CCOC2)OCC(CC(=O)O)O1. The first-order chi connectivity index (χ1) is 7.10. The zero-order valence-electron chi connectivity index (χ0n) is 8.77. The van der Waals surface area contributed by atoms with E-state index < -0.39 is 11.8 Å². The highest BCUT2D eigenvalue weighted by atomic mass is 16.7. The first-order valence-electron chi connectivity index (χ1n) is 5.21. The Balaban J connectivity index is 1.91. The predicted octanol–water partition coefficient (Wildman–Crippen LogP) is 0.629. The van der Waals surface area contributed by atoms with E-state index in [1.807, 2.05) is 6.92 Å². The van der Waals surface area contributed by atoms with E-state index in [2.05, 4.69) is 0 Å². The third-order valence-electron chi connectivity index (χ3n) is 3.03. The van der Waals surface area contributed by atoms with E-state index in [1.165, 1.54) is 0 Å². The highest BCUT2D eigenvalue weighted by Gasteiger charge is 2.45. The van der Waals surface area contributed by atoms with Gasteiger partial charge in [-0.05, 0) is 13.3 Å². The lowest BCUT2D eigenvalue weighted by Gasteiger charge is -2.28. The summed E-state index contributed by atoms with van der Waals surface area (Å²) < 4.78 is 16.5. The average Bonchev–Trinajstić information content (AvgIpc) is 2.74. The highest BCUT2D eigenvalue weighted by molar-refractivity contribution is 5.67. The monoisotopic (exact) mass is 216 g/mol. The summed E-state index contributed by atoms with van der Waals surface area (Å²) in [7, 11) is 0. The maximum absolute atomic E-state index is 10.5. The Kier molecular flexibility index (Phi) is 2.95. The molecule has 0 aromatic rings. The van der Waals surface area contributed by atoms with Crippen molar-refractivity contribution in [3.63, 3.8) is 0 Å². The largest absolute Gasteiger partial charge is 0.481 e. The normalized spacial score (nSPS) is 40.9. The molecule has 2 heterocycles. The molecule has 15 heavy (non-hydrogen) atoms. The van der Waals surface area contributed by atoms with Crippen LogP contribution < -0.4 is 0 Å². The van der Waals surface area contributed by atoms with Crippen LogP contribution in [0.15, 0.2) is 0 Å². The van der Waals surface area contributed by atoms with Crippen molar-refractivity contribution >= 4 is 5.97 Å². The lowest BCUT2D eigenvalue weighted by Crippen LogP contribution is -2.37. The molecule has 5 nitrogen and oxygen atoms in total. The van der Waals surface area contributed by atoms with Gasteiger partial charge >= 0.3 is 5.97 Å². The number of carbonyl (C=O) groups is 1. The van der Waals surface area contributed by atoms with Crippen molar-refractivity contribution in [2.45, 2.75) is 31.7 Å². The first-order valence-corrected chi connectivity index (χ1v) is 5.21. The van der Waals surface area contributed by atoms with E-state index in [1.54, 1.807) is 0 Å². The number of hydrogen-bond acceptors (Lipinski definition) is 4. The standard InChI is InChI=1S/C10H16O5/c1-10(7-2-3-13-5-7)14-6-8(15-10)4-9(11)12/h7-8H,2-6H2,1H3,(H,11,12). The summed E-state index contributed by atoms with van der Waals surface area (Å²) in [6.07, 6.45) is 0.590. The quantitative estimate of drug-likeness (QED) is 0.749. The molecule has 0 spiro atoms. The molecule has 0 aliphatic carbocycles. The number of carboxylic acids is 1. The summed E-state index contributed by atoms with van der Waals surface area (Å²) in [6, 6.07) is 0.